The average Bonchev–Trinajstić information content (AvgIpc) is 3.16. The zero-order chi connectivity index (χ0) is 18.8. The molecular weight excluding hydrogens is 362 g/mol. The van der Waals surface area contributed by atoms with Gasteiger partial charge in [-0.1, -0.05) is 60.3 Å². The van der Waals surface area contributed by atoms with Gasteiger partial charge < -0.3 is 4.42 Å². The number of nitro benzene ring substituents is 1. The minimum absolute atomic E-state index is 0.0642. The van der Waals surface area contributed by atoms with Gasteiger partial charge in [-0.2, -0.15) is 0 Å². The molecule has 6 nitrogen and oxygen atoms in total. The van der Waals surface area contributed by atoms with E-state index in [1.165, 1.54) is 17.8 Å². The van der Waals surface area contributed by atoms with Gasteiger partial charge in [-0.25, -0.2) is 0 Å². The van der Waals surface area contributed by atoms with Crippen LogP contribution in [0.3, 0.4) is 0 Å². The Labute approximate surface area is 159 Å². The maximum absolute atomic E-state index is 11.0. The summed E-state index contributed by atoms with van der Waals surface area (Å²) < 4.78 is 5.85. The molecule has 0 N–H and O–H groups in total. The Morgan fingerprint density at radius 1 is 1.04 bits per heavy atom. The van der Waals surface area contributed by atoms with Crippen molar-refractivity contribution < 1.29 is 9.34 Å². The lowest BCUT2D eigenvalue weighted by Crippen LogP contribution is -1.92. The van der Waals surface area contributed by atoms with Crippen LogP contribution in [0.15, 0.2) is 76.4 Å². The van der Waals surface area contributed by atoms with Crippen LogP contribution in [-0.4, -0.2) is 15.1 Å². The number of fused-ring (bicyclic) bond motifs is 1. The number of benzene rings is 3. The van der Waals surface area contributed by atoms with Crippen LogP contribution in [0.1, 0.15) is 17.7 Å². The van der Waals surface area contributed by atoms with Gasteiger partial charge in [0.1, 0.15) is 0 Å². The van der Waals surface area contributed by atoms with E-state index >= 15 is 0 Å². The molecule has 0 aliphatic heterocycles. The highest BCUT2D eigenvalue weighted by atomic mass is 32.2. The molecule has 0 aliphatic rings. The SMILES string of the molecule is C[C@@H](Sc1nnc(-c2cccc3ccccc23)o1)c1cccc([N+](=O)[O-])c1. The van der Waals surface area contributed by atoms with Crippen molar-refractivity contribution in [3.8, 4) is 11.5 Å². The second-order valence-corrected chi connectivity index (χ2v) is 7.30. The Bertz CT molecular complexity index is 1120. The van der Waals surface area contributed by atoms with Crippen molar-refractivity contribution in [2.75, 3.05) is 0 Å². The highest BCUT2D eigenvalue weighted by Crippen LogP contribution is 2.37. The summed E-state index contributed by atoms with van der Waals surface area (Å²) in [6.07, 6.45) is 0. The molecule has 4 aromatic rings. The normalized spacial score (nSPS) is 12.2. The first-order chi connectivity index (χ1) is 13.1. The van der Waals surface area contributed by atoms with Gasteiger partial charge in [0.15, 0.2) is 0 Å². The van der Waals surface area contributed by atoms with Crippen LogP contribution >= 0.6 is 11.8 Å². The van der Waals surface area contributed by atoms with Crippen LogP contribution in [0.2, 0.25) is 0 Å². The summed E-state index contributed by atoms with van der Waals surface area (Å²) >= 11 is 1.38. The largest absolute Gasteiger partial charge is 0.411 e. The third kappa shape index (κ3) is 3.54. The molecule has 0 fully saturated rings. The van der Waals surface area contributed by atoms with Crippen molar-refractivity contribution in [2.45, 2.75) is 17.4 Å². The lowest BCUT2D eigenvalue weighted by Gasteiger charge is -2.08. The number of nitro groups is 1. The highest BCUT2D eigenvalue weighted by Gasteiger charge is 2.17. The molecule has 0 bridgehead atoms. The number of non-ortho nitro benzene ring substituents is 1. The Balaban J connectivity index is 1.59. The lowest BCUT2D eigenvalue weighted by molar-refractivity contribution is -0.384. The Morgan fingerprint density at radius 2 is 1.81 bits per heavy atom. The van der Waals surface area contributed by atoms with E-state index in [2.05, 4.69) is 10.2 Å². The standard InChI is InChI=1S/C20H15N3O3S/c1-13(15-8-4-9-16(12-15)23(24)25)27-20-22-21-19(26-20)18-11-5-7-14-6-2-3-10-17(14)18/h2-13H,1H3/t13-/m1/s1. The van der Waals surface area contributed by atoms with E-state index in [0.29, 0.717) is 11.1 Å². The molecule has 0 aliphatic carbocycles. The van der Waals surface area contributed by atoms with E-state index in [4.69, 9.17) is 4.42 Å². The maximum atomic E-state index is 11.0. The number of hydrogen-bond donors (Lipinski definition) is 0. The summed E-state index contributed by atoms with van der Waals surface area (Å²) in [5.74, 6) is 0.459. The van der Waals surface area contributed by atoms with E-state index in [1.807, 2.05) is 55.5 Å². The van der Waals surface area contributed by atoms with E-state index in [0.717, 1.165) is 21.9 Å². The topological polar surface area (TPSA) is 82.1 Å². The quantitative estimate of drug-likeness (QED) is 0.254. The molecule has 0 unspecified atom stereocenters. The summed E-state index contributed by atoms with van der Waals surface area (Å²) in [5, 5.41) is 21.8. The number of aromatic nitrogens is 2. The first kappa shape index (κ1) is 17.2. The molecule has 0 saturated heterocycles. The summed E-state index contributed by atoms with van der Waals surface area (Å²) in [5.41, 5.74) is 1.79. The van der Waals surface area contributed by atoms with Gasteiger partial charge >= 0.3 is 0 Å². The molecule has 3 aromatic carbocycles. The number of nitrogens with zero attached hydrogens (tertiary/aromatic N) is 3. The molecule has 134 valence electrons. The Morgan fingerprint density at radius 3 is 2.67 bits per heavy atom. The summed E-state index contributed by atoms with van der Waals surface area (Å²) in [6, 6.07) is 20.6. The zero-order valence-electron chi connectivity index (χ0n) is 14.4. The van der Waals surface area contributed by atoms with Crippen LogP contribution in [0.25, 0.3) is 22.2 Å². The van der Waals surface area contributed by atoms with Gasteiger partial charge in [0, 0.05) is 22.9 Å². The molecule has 0 saturated carbocycles. The Kier molecular flexibility index (Phi) is 4.60. The first-order valence-electron chi connectivity index (χ1n) is 8.34. The second-order valence-electron chi connectivity index (χ2n) is 6.01. The van der Waals surface area contributed by atoms with Gasteiger partial charge in [0.05, 0.1) is 4.92 Å². The van der Waals surface area contributed by atoms with E-state index < -0.39 is 4.92 Å². The highest BCUT2D eigenvalue weighted by molar-refractivity contribution is 7.99. The fourth-order valence-electron chi connectivity index (χ4n) is 2.89. The fourth-order valence-corrected chi connectivity index (χ4v) is 3.69. The third-order valence-corrected chi connectivity index (χ3v) is 5.25. The van der Waals surface area contributed by atoms with Crippen molar-refractivity contribution >= 4 is 28.2 Å². The van der Waals surface area contributed by atoms with Crippen molar-refractivity contribution in [3.63, 3.8) is 0 Å². The van der Waals surface area contributed by atoms with Gasteiger partial charge in [-0.3, -0.25) is 10.1 Å². The zero-order valence-corrected chi connectivity index (χ0v) is 15.2. The van der Waals surface area contributed by atoms with Gasteiger partial charge in [-0.05, 0) is 29.3 Å². The summed E-state index contributed by atoms with van der Waals surface area (Å²) in [6.45, 7) is 1.95. The molecule has 0 amide bonds. The van der Waals surface area contributed by atoms with Crippen LogP contribution in [0.5, 0.6) is 0 Å². The summed E-state index contributed by atoms with van der Waals surface area (Å²) in [4.78, 5) is 10.6. The predicted octanol–water partition coefficient (Wildman–Crippen LogP) is 5.65. The van der Waals surface area contributed by atoms with Gasteiger partial charge in [-0.15, -0.1) is 10.2 Å². The van der Waals surface area contributed by atoms with Crippen molar-refractivity contribution in [1.29, 1.82) is 0 Å². The van der Waals surface area contributed by atoms with Crippen molar-refractivity contribution in [1.82, 2.24) is 10.2 Å². The monoisotopic (exact) mass is 377 g/mol. The minimum atomic E-state index is -0.397. The van der Waals surface area contributed by atoms with E-state index in [1.54, 1.807) is 12.1 Å². The molecule has 1 atom stereocenters. The van der Waals surface area contributed by atoms with Crippen LogP contribution < -0.4 is 0 Å². The molecule has 0 radical (unpaired) electrons. The van der Waals surface area contributed by atoms with E-state index in [9.17, 15) is 10.1 Å². The average molecular weight is 377 g/mol. The van der Waals surface area contributed by atoms with Crippen molar-refractivity contribution in [3.05, 3.63) is 82.4 Å². The number of thioether (sulfide) groups is 1. The second kappa shape index (κ2) is 7.20. The summed E-state index contributed by atoms with van der Waals surface area (Å²) in [7, 11) is 0. The lowest BCUT2D eigenvalue weighted by atomic mass is 10.0. The van der Waals surface area contributed by atoms with Crippen LogP contribution in [-0.2, 0) is 0 Å². The van der Waals surface area contributed by atoms with Crippen LogP contribution in [0, 0.1) is 10.1 Å². The first-order valence-corrected chi connectivity index (χ1v) is 9.22. The number of rotatable bonds is 5. The molecular formula is C20H15N3O3S. The fraction of sp³-hybridized carbons (Fsp3) is 0.100. The third-order valence-electron chi connectivity index (χ3n) is 4.25. The smallest absolute Gasteiger partial charge is 0.277 e. The predicted molar refractivity (Wildman–Crippen MR) is 105 cm³/mol. The molecule has 27 heavy (non-hydrogen) atoms. The van der Waals surface area contributed by atoms with E-state index in [-0.39, 0.29) is 10.9 Å². The molecule has 1 heterocycles. The van der Waals surface area contributed by atoms with Gasteiger partial charge in [0.25, 0.3) is 10.9 Å². The molecule has 4 rings (SSSR count). The number of hydrogen-bond acceptors (Lipinski definition) is 6. The van der Waals surface area contributed by atoms with Gasteiger partial charge in [0.2, 0.25) is 5.89 Å². The molecule has 7 heteroatoms. The van der Waals surface area contributed by atoms with Crippen LogP contribution in [0.4, 0.5) is 5.69 Å². The van der Waals surface area contributed by atoms with Crippen molar-refractivity contribution in [2.24, 2.45) is 0 Å². The molecule has 0 spiro atoms. The maximum Gasteiger partial charge on any atom is 0.277 e. The molecule has 1 aromatic heterocycles. The Hall–Kier alpha value is -3.19. The minimum Gasteiger partial charge on any atom is -0.411 e.